The molecule has 144 valence electrons. The standard InChI is InChI=1S/C22H17N3O4/c26-21(17-9-5-2-6-10-17)24-20(15-16-7-3-1-4-8-16)22(27)23-18-11-13-19(14-12-18)25(28)29/h1-15H,(H,23,27)(H,24,26). The average molecular weight is 387 g/mol. The Morgan fingerprint density at radius 2 is 1.41 bits per heavy atom. The quantitative estimate of drug-likeness (QED) is 0.379. The Labute approximate surface area is 166 Å². The lowest BCUT2D eigenvalue weighted by molar-refractivity contribution is -0.384. The van der Waals surface area contributed by atoms with Crippen LogP contribution in [0.3, 0.4) is 0 Å². The minimum absolute atomic E-state index is 0.0448. The Bertz CT molecular complexity index is 1050. The molecular weight excluding hydrogens is 370 g/mol. The van der Waals surface area contributed by atoms with E-state index in [0.29, 0.717) is 11.3 Å². The second-order valence-corrected chi connectivity index (χ2v) is 6.05. The van der Waals surface area contributed by atoms with Crippen LogP contribution in [0, 0.1) is 10.1 Å². The van der Waals surface area contributed by atoms with Crippen LogP contribution in [0.2, 0.25) is 0 Å². The summed E-state index contributed by atoms with van der Waals surface area (Å²) < 4.78 is 0. The fraction of sp³-hybridized carbons (Fsp3) is 0. The van der Waals surface area contributed by atoms with Gasteiger partial charge >= 0.3 is 0 Å². The molecule has 0 aromatic heterocycles. The molecule has 0 unspecified atom stereocenters. The van der Waals surface area contributed by atoms with Crippen molar-refractivity contribution in [1.82, 2.24) is 5.32 Å². The van der Waals surface area contributed by atoms with Gasteiger partial charge in [-0.2, -0.15) is 0 Å². The van der Waals surface area contributed by atoms with E-state index in [2.05, 4.69) is 10.6 Å². The molecule has 7 nitrogen and oxygen atoms in total. The monoisotopic (exact) mass is 387 g/mol. The molecule has 0 fully saturated rings. The largest absolute Gasteiger partial charge is 0.321 e. The van der Waals surface area contributed by atoms with Gasteiger partial charge in [-0.1, -0.05) is 48.5 Å². The summed E-state index contributed by atoms with van der Waals surface area (Å²) in [4.78, 5) is 35.5. The zero-order valence-electron chi connectivity index (χ0n) is 15.2. The molecule has 0 aliphatic rings. The van der Waals surface area contributed by atoms with Gasteiger partial charge in [0.2, 0.25) is 0 Å². The summed E-state index contributed by atoms with van der Waals surface area (Å²) in [6.07, 6.45) is 1.56. The Morgan fingerprint density at radius 3 is 2.00 bits per heavy atom. The molecule has 29 heavy (non-hydrogen) atoms. The average Bonchev–Trinajstić information content (AvgIpc) is 2.75. The number of nitro benzene ring substituents is 1. The van der Waals surface area contributed by atoms with Gasteiger partial charge in [0.05, 0.1) is 4.92 Å². The van der Waals surface area contributed by atoms with Gasteiger partial charge in [0.15, 0.2) is 0 Å². The lowest BCUT2D eigenvalue weighted by Gasteiger charge is -2.11. The van der Waals surface area contributed by atoms with Crippen molar-refractivity contribution in [2.75, 3.05) is 5.32 Å². The molecule has 0 heterocycles. The normalized spacial score (nSPS) is 10.8. The predicted molar refractivity (Wildman–Crippen MR) is 110 cm³/mol. The molecule has 2 N–H and O–H groups in total. The zero-order chi connectivity index (χ0) is 20.6. The van der Waals surface area contributed by atoms with Crippen LogP contribution in [0.15, 0.2) is 90.6 Å². The van der Waals surface area contributed by atoms with E-state index in [-0.39, 0.29) is 11.4 Å². The molecule has 3 aromatic carbocycles. The minimum Gasteiger partial charge on any atom is -0.321 e. The van der Waals surface area contributed by atoms with E-state index in [9.17, 15) is 19.7 Å². The van der Waals surface area contributed by atoms with Crippen molar-refractivity contribution in [3.63, 3.8) is 0 Å². The maximum absolute atomic E-state index is 12.8. The first-order chi connectivity index (χ1) is 14.0. The van der Waals surface area contributed by atoms with E-state index in [0.717, 1.165) is 5.56 Å². The van der Waals surface area contributed by atoms with E-state index in [4.69, 9.17) is 0 Å². The predicted octanol–water partition coefficient (Wildman–Crippen LogP) is 4.00. The molecule has 2 amide bonds. The number of rotatable bonds is 6. The molecule has 0 aliphatic heterocycles. The van der Waals surface area contributed by atoms with Crippen LogP contribution in [0.5, 0.6) is 0 Å². The molecule has 3 aromatic rings. The second kappa shape index (κ2) is 9.09. The molecule has 0 saturated carbocycles. The van der Waals surface area contributed by atoms with Gasteiger partial charge in [-0.05, 0) is 35.9 Å². The van der Waals surface area contributed by atoms with Crippen LogP contribution in [0.1, 0.15) is 15.9 Å². The molecule has 7 heteroatoms. The Morgan fingerprint density at radius 1 is 0.828 bits per heavy atom. The molecule has 3 rings (SSSR count). The van der Waals surface area contributed by atoms with Crippen LogP contribution >= 0.6 is 0 Å². The topological polar surface area (TPSA) is 101 Å². The van der Waals surface area contributed by atoms with Crippen LogP contribution in [0.4, 0.5) is 11.4 Å². The van der Waals surface area contributed by atoms with Gasteiger partial charge < -0.3 is 10.6 Å². The number of nitrogens with zero attached hydrogens (tertiary/aromatic N) is 1. The van der Waals surface area contributed by atoms with E-state index in [1.165, 1.54) is 24.3 Å². The van der Waals surface area contributed by atoms with Crippen LogP contribution in [-0.2, 0) is 4.79 Å². The summed E-state index contributed by atoms with van der Waals surface area (Å²) in [6.45, 7) is 0. The van der Waals surface area contributed by atoms with Crippen molar-refractivity contribution in [2.24, 2.45) is 0 Å². The van der Waals surface area contributed by atoms with E-state index >= 15 is 0 Å². The number of anilines is 1. The summed E-state index contributed by atoms with van der Waals surface area (Å²) in [5.74, 6) is -0.974. The molecule has 0 radical (unpaired) electrons. The lowest BCUT2D eigenvalue weighted by Crippen LogP contribution is -2.30. The van der Waals surface area contributed by atoms with Crippen molar-refractivity contribution in [3.8, 4) is 0 Å². The second-order valence-electron chi connectivity index (χ2n) is 6.05. The summed E-state index contributed by atoms with van der Waals surface area (Å²) in [7, 11) is 0. The number of nitro groups is 1. The van der Waals surface area contributed by atoms with E-state index < -0.39 is 16.7 Å². The summed E-state index contributed by atoms with van der Waals surface area (Å²) in [6, 6.07) is 23.0. The maximum atomic E-state index is 12.8. The van der Waals surface area contributed by atoms with Crippen molar-refractivity contribution in [2.45, 2.75) is 0 Å². The highest BCUT2D eigenvalue weighted by Gasteiger charge is 2.15. The Balaban J connectivity index is 1.84. The van der Waals surface area contributed by atoms with Gasteiger partial charge in [0, 0.05) is 23.4 Å². The van der Waals surface area contributed by atoms with E-state index in [1.54, 1.807) is 48.5 Å². The van der Waals surface area contributed by atoms with Crippen LogP contribution < -0.4 is 10.6 Å². The maximum Gasteiger partial charge on any atom is 0.272 e. The van der Waals surface area contributed by atoms with Crippen molar-refractivity contribution >= 4 is 29.3 Å². The van der Waals surface area contributed by atoms with Crippen LogP contribution in [0.25, 0.3) is 6.08 Å². The summed E-state index contributed by atoms with van der Waals surface area (Å²) >= 11 is 0. The first kappa shape index (κ1) is 19.5. The number of carbonyl (C=O) groups is 2. The molecule has 0 spiro atoms. The first-order valence-corrected chi connectivity index (χ1v) is 8.72. The number of hydrogen-bond donors (Lipinski definition) is 2. The zero-order valence-corrected chi connectivity index (χ0v) is 15.2. The van der Waals surface area contributed by atoms with Gasteiger partial charge in [-0.25, -0.2) is 0 Å². The Kier molecular flexibility index (Phi) is 6.12. The minimum atomic E-state index is -0.549. The fourth-order valence-electron chi connectivity index (χ4n) is 2.52. The number of nitrogens with one attached hydrogen (secondary N) is 2. The highest BCUT2D eigenvalue weighted by molar-refractivity contribution is 6.10. The molecular formula is C22H17N3O4. The summed E-state index contributed by atoms with van der Waals surface area (Å²) in [5.41, 5.74) is 1.47. The number of amides is 2. The smallest absolute Gasteiger partial charge is 0.272 e. The first-order valence-electron chi connectivity index (χ1n) is 8.72. The fourth-order valence-corrected chi connectivity index (χ4v) is 2.52. The van der Waals surface area contributed by atoms with Gasteiger partial charge in [0.1, 0.15) is 5.70 Å². The number of hydrogen-bond acceptors (Lipinski definition) is 4. The highest BCUT2D eigenvalue weighted by Crippen LogP contribution is 2.16. The van der Waals surface area contributed by atoms with Crippen molar-refractivity contribution < 1.29 is 14.5 Å². The van der Waals surface area contributed by atoms with Crippen LogP contribution in [-0.4, -0.2) is 16.7 Å². The number of non-ortho nitro benzene ring substituents is 1. The number of benzene rings is 3. The van der Waals surface area contributed by atoms with Gasteiger partial charge in [-0.3, -0.25) is 19.7 Å². The molecule has 0 atom stereocenters. The van der Waals surface area contributed by atoms with Crippen molar-refractivity contribution in [3.05, 3.63) is 112 Å². The Hall–Kier alpha value is -4.26. The third-order valence-electron chi connectivity index (χ3n) is 3.98. The SMILES string of the molecule is O=C(Nc1ccc([N+](=O)[O-])cc1)C(=Cc1ccccc1)NC(=O)c1ccccc1. The highest BCUT2D eigenvalue weighted by atomic mass is 16.6. The number of carbonyl (C=O) groups excluding carboxylic acids is 2. The molecule has 0 saturated heterocycles. The third kappa shape index (κ3) is 5.36. The third-order valence-corrected chi connectivity index (χ3v) is 3.98. The summed E-state index contributed by atoms with van der Waals surface area (Å²) in [5, 5.41) is 16.0. The van der Waals surface area contributed by atoms with Crippen molar-refractivity contribution in [1.29, 1.82) is 0 Å². The van der Waals surface area contributed by atoms with Gasteiger partial charge in [-0.15, -0.1) is 0 Å². The molecule has 0 bridgehead atoms. The van der Waals surface area contributed by atoms with Gasteiger partial charge in [0.25, 0.3) is 17.5 Å². The van der Waals surface area contributed by atoms with E-state index in [1.807, 2.05) is 18.2 Å². The molecule has 0 aliphatic carbocycles. The lowest BCUT2D eigenvalue weighted by atomic mass is 10.1.